The smallest absolute Gasteiger partial charge is 0.163 e. The Morgan fingerprint density at radius 3 is 1.40 bits per heavy atom. The van der Waals surface area contributed by atoms with E-state index < -0.39 is 28.4 Å². The average Bonchev–Trinajstić information content (AvgIpc) is 1.57. The van der Waals surface area contributed by atoms with E-state index in [1.807, 2.05) is 0 Å². The van der Waals surface area contributed by atoms with E-state index in [0.717, 1.165) is 0 Å². The van der Waals surface area contributed by atoms with Crippen LogP contribution in [0.25, 0.3) is 0 Å². The number of rotatable bonds is 1. The minimum Gasteiger partial charge on any atom is -0.163 e. The van der Waals surface area contributed by atoms with E-state index in [4.69, 9.17) is 0 Å². The molecule has 0 N–H and O–H groups in total. The molecule has 0 fully saturated rings. The minimum atomic E-state index is -4.65. The van der Waals surface area contributed by atoms with E-state index in [-0.39, 0.29) is 0 Å². The lowest BCUT2D eigenvalue weighted by molar-refractivity contribution is -0.0423. The first-order chi connectivity index (χ1) is 4.21. The lowest BCUT2D eigenvalue weighted by Crippen LogP contribution is -1.99. The van der Waals surface area contributed by atoms with Gasteiger partial charge in [0.25, 0.3) is 0 Å². The van der Waals surface area contributed by atoms with Crippen LogP contribution in [0.15, 0.2) is 0 Å². The standard InChI is InChI=1S/C2H2F6P2/c3-1(4,5)9-10-2(6,7)8/h9-10H/p+1. The molecule has 0 aliphatic heterocycles. The molecule has 0 bridgehead atoms. The second-order valence-electron chi connectivity index (χ2n) is 1.33. The van der Waals surface area contributed by atoms with E-state index in [1.54, 1.807) is 0 Å². The summed E-state index contributed by atoms with van der Waals surface area (Å²) in [5.74, 6) is -9.27. The Kier molecular flexibility index (Phi) is 3.37. The van der Waals surface area contributed by atoms with E-state index in [9.17, 15) is 26.3 Å². The monoisotopic (exact) mass is 203 g/mol. The van der Waals surface area contributed by atoms with Crippen LogP contribution in [-0.4, -0.2) is 11.8 Å². The molecule has 0 aromatic carbocycles. The molecule has 0 radical (unpaired) electrons. The van der Waals surface area contributed by atoms with Crippen LogP contribution in [-0.2, 0) is 0 Å². The van der Waals surface area contributed by atoms with Crippen molar-refractivity contribution in [2.75, 3.05) is 0 Å². The van der Waals surface area contributed by atoms with Gasteiger partial charge in [-0.2, -0.15) is 13.2 Å². The Hall–Kier alpha value is 0.440. The van der Waals surface area contributed by atoms with Gasteiger partial charge in [0.2, 0.25) is 0 Å². The largest absolute Gasteiger partial charge is 0.506 e. The first kappa shape index (κ1) is 10.4. The fourth-order valence-electron chi connectivity index (χ4n) is 0.164. The van der Waals surface area contributed by atoms with Gasteiger partial charge in [-0.25, -0.2) is 0 Å². The van der Waals surface area contributed by atoms with Crippen molar-refractivity contribution in [2.45, 2.75) is 11.8 Å². The maximum absolute atomic E-state index is 11.1. The second kappa shape index (κ2) is 3.22. The topological polar surface area (TPSA) is 0 Å². The van der Waals surface area contributed by atoms with Gasteiger partial charge < -0.3 is 0 Å². The molecule has 0 aliphatic rings. The van der Waals surface area contributed by atoms with Crippen molar-refractivity contribution in [3.05, 3.63) is 0 Å². The molecular formula is C2H3F6P2+. The summed E-state index contributed by atoms with van der Waals surface area (Å²) in [6.07, 6.45) is 0. The Morgan fingerprint density at radius 2 is 1.30 bits per heavy atom. The zero-order valence-electron chi connectivity index (χ0n) is 4.35. The van der Waals surface area contributed by atoms with Crippen molar-refractivity contribution in [1.82, 2.24) is 0 Å². The van der Waals surface area contributed by atoms with Crippen molar-refractivity contribution >= 4 is 16.5 Å². The van der Waals surface area contributed by atoms with Crippen LogP contribution < -0.4 is 0 Å². The molecule has 0 nitrogen and oxygen atoms in total. The normalized spacial score (nSPS) is 16.2. The summed E-state index contributed by atoms with van der Waals surface area (Å²) in [6, 6.07) is 0. The summed E-state index contributed by atoms with van der Waals surface area (Å²) in [7, 11) is -4.43. The zero-order chi connectivity index (χ0) is 8.41. The zero-order valence-corrected chi connectivity index (χ0v) is 6.50. The third-order valence-electron chi connectivity index (χ3n) is 0.399. The molecule has 0 rings (SSSR count). The SMILES string of the molecule is FC(F)(F)P[PH2+]C(F)(F)F. The molecule has 0 aromatic rings. The highest BCUT2D eigenvalue weighted by Crippen LogP contribution is 2.58. The first-order valence-electron chi connectivity index (χ1n) is 1.96. The van der Waals surface area contributed by atoms with Gasteiger partial charge in [0.1, 0.15) is 8.27 Å². The van der Waals surface area contributed by atoms with Crippen molar-refractivity contribution in [1.29, 1.82) is 0 Å². The van der Waals surface area contributed by atoms with Crippen LogP contribution >= 0.6 is 16.5 Å². The number of hydrogen-bond donors (Lipinski definition) is 0. The van der Waals surface area contributed by atoms with Gasteiger partial charge in [0, 0.05) is 0 Å². The Bertz CT molecular complexity index is 87.3. The molecule has 0 saturated heterocycles. The summed E-state index contributed by atoms with van der Waals surface area (Å²) >= 11 is 0. The molecule has 0 aliphatic carbocycles. The van der Waals surface area contributed by atoms with Crippen LogP contribution in [0.5, 0.6) is 0 Å². The number of hydrogen-bond acceptors (Lipinski definition) is 0. The predicted molar refractivity (Wildman–Crippen MR) is 30.1 cm³/mol. The highest BCUT2D eigenvalue weighted by molar-refractivity contribution is 8.12. The summed E-state index contributed by atoms with van der Waals surface area (Å²) in [4.78, 5) is 0. The maximum atomic E-state index is 11.1. The highest BCUT2D eigenvalue weighted by Gasteiger charge is 2.43. The molecule has 2 atom stereocenters. The second-order valence-corrected chi connectivity index (χ2v) is 4.86. The van der Waals surface area contributed by atoms with Crippen LogP contribution in [0, 0.1) is 0 Å². The molecule has 0 aromatic heterocycles. The van der Waals surface area contributed by atoms with E-state index >= 15 is 0 Å². The molecule has 2 unspecified atom stereocenters. The molecular weight excluding hydrogens is 200 g/mol. The molecule has 0 spiro atoms. The Morgan fingerprint density at radius 1 is 0.900 bits per heavy atom. The van der Waals surface area contributed by atoms with Crippen molar-refractivity contribution in [3.8, 4) is 0 Å². The Balaban J connectivity index is 3.56. The third kappa shape index (κ3) is 8.44. The quantitative estimate of drug-likeness (QED) is 0.453. The van der Waals surface area contributed by atoms with Crippen molar-refractivity contribution < 1.29 is 26.3 Å². The number of halogens is 6. The van der Waals surface area contributed by atoms with E-state index in [0.29, 0.717) is 0 Å². The molecule has 10 heavy (non-hydrogen) atoms. The fourth-order valence-corrected chi connectivity index (χ4v) is 1.47. The summed E-state index contributed by atoms with van der Waals surface area (Å²) in [6.45, 7) is 0. The molecule has 8 heteroatoms. The van der Waals surface area contributed by atoms with Gasteiger partial charge >= 0.3 is 11.8 Å². The summed E-state index contributed by atoms with van der Waals surface area (Å²) in [5, 5.41) is 0. The van der Waals surface area contributed by atoms with Crippen LogP contribution in [0.4, 0.5) is 26.3 Å². The van der Waals surface area contributed by atoms with Crippen LogP contribution in [0.1, 0.15) is 0 Å². The van der Waals surface area contributed by atoms with Gasteiger partial charge in [-0.15, -0.1) is 13.2 Å². The molecule has 0 heterocycles. The van der Waals surface area contributed by atoms with Gasteiger partial charge in [-0.3, -0.25) is 0 Å². The highest BCUT2D eigenvalue weighted by atomic mass is 32.0. The van der Waals surface area contributed by atoms with Gasteiger partial charge in [-0.1, -0.05) is 0 Å². The summed E-state index contributed by atoms with van der Waals surface area (Å²) in [5.41, 5.74) is 0. The number of alkyl halides is 6. The lowest BCUT2D eigenvalue weighted by Gasteiger charge is -2.01. The molecule has 0 amide bonds. The van der Waals surface area contributed by atoms with E-state index in [2.05, 4.69) is 0 Å². The predicted octanol–water partition coefficient (Wildman–Crippen LogP) is 3.03. The first-order valence-corrected chi connectivity index (χ1v) is 5.35. The lowest BCUT2D eigenvalue weighted by atomic mass is 11.6. The minimum absolute atomic E-state index is 1.95. The molecule has 0 saturated carbocycles. The van der Waals surface area contributed by atoms with Crippen molar-refractivity contribution in [3.63, 3.8) is 0 Å². The molecule has 62 valence electrons. The van der Waals surface area contributed by atoms with Crippen LogP contribution in [0.3, 0.4) is 0 Å². The fraction of sp³-hybridized carbons (Fsp3) is 1.00. The third-order valence-corrected chi connectivity index (χ3v) is 3.60. The van der Waals surface area contributed by atoms with Gasteiger partial charge in [0.15, 0.2) is 8.27 Å². The van der Waals surface area contributed by atoms with Crippen molar-refractivity contribution in [2.24, 2.45) is 0 Å². The Labute approximate surface area is 55.8 Å². The maximum Gasteiger partial charge on any atom is 0.506 e. The van der Waals surface area contributed by atoms with Crippen LogP contribution in [0.2, 0.25) is 0 Å². The average molecular weight is 203 g/mol. The van der Waals surface area contributed by atoms with Gasteiger partial charge in [0.05, 0.1) is 0 Å². The van der Waals surface area contributed by atoms with E-state index in [1.165, 1.54) is 0 Å². The summed E-state index contributed by atoms with van der Waals surface area (Å²) < 4.78 is 66.7. The van der Waals surface area contributed by atoms with Gasteiger partial charge in [-0.05, 0) is 0 Å².